The molecule has 1 amide bonds. The third-order valence-electron chi connectivity index (χ3n) is 3.63. The van der Waals surface area contributed by atoms with E-state index < -0.39 is 5.97 Å². The van der Waals surface area contributed by atoms with Crippen LogP contribution in [-0.2, 0) is 16.6 Å². The molecule has 1 unspecified atom stereocenters. The largest absolute Gasteiger partial charge is 0.481 e. The molecule has 0 spiro atoms. The van der Waals surface area contributed by atoms with Gasteiger partial charge < -0.3 is 10.0 Å². The number of carboxylic acid groups (broad SMARTS) is 1. The van der Waals surface area contributed by atoms with E-state index in [1.807, 2.05) is 27.8 Å². The molecule has 1 aromatic rings. The summed E-state index contributed by atoms with van der Waals surface area (Å²) in [5.74, 6) is -1.11. The lowest BCUT2D eigenvalue weighted by molar-refractivity contribution is -0.138. The molecule has 0 radical (unpaired) electrons. The van der Waals surface area contributed by atoms with Crippen molar-refractivity contribution < 1.29 is 14.7 Å². The minimum Gasteiger partial charge on any atom is -0.481 e. The lowest BCUT2D eigenvalue weighted by Crippen LogP contribution is -2.32. The monoisotopic (exact) mass is 281 g/mol. The Labute approximate surface area is 119 Å². The first-order valence-electron chi connectivity index (χ1n) is 6.72. The van der Waals surface area contributed by atoms with Crippen LogP contribution in [0.2, 0.25) is 0 Å². The van der Waals surface area contributed by atoms with Crippen LogP contribution in [0.4, 0.5) is 0 Å². The first-order valence-corrected chi connectivity index (χ1v) is 6.72. The second-order valence-electron chi connectivity index (χ2n) is 5.19. The Hall–Kier alpha value is -1.85. The standard InChI is InChI=1S/C14H23N3O3/c1-9(13-10(2)15-17(5)11(13)3)14(20)16(4)8-6-7-12(18)19/h9H,6-8H2,1-5H3,(H,18,19). The van der Waals surface area contributed by atoms with Crippen molar-refractivity contribution in [3.63, 3.8) is 0 Å². The van der Waals surface area contributed by atoms with Crippen LogP contribution < -0.4 is 0 Å². The van der Waals surface area contributed by atoms with Gasteiger partial charge in [0.1, 0.15) is 0 Å². The molecule has 0 saturated carbocycles. The van der Waals surface area contributed by atoms with Crippen molar-refractivity contribution in [1.82, 2.24) is 14.7 Å². The van der Waals surface area contributed by atoms with Gasteiger partial charge in [-0.15, -0.1) is 0 Å². The first-order chi connectivity index (χ1) is 9.25. The van der Waals surface area contributed by atoms with Crippen LogP contribution in [0.15, 0.2) is 0 Å². The number of aryl methyl sites for hydroxylation is 2. The molecule has 0 saturated heterocycles. The summed E-state index contributed by atoms with van der Waals surface area (Å²) in [6, 6.07) is 0. The maximum Gasteiger partial charge on any atom is 0.303 e. The smallest absolute Gasteiger partial charge is 0.303 e. The quantitative estimate of drug-likeness (QED) is 0.856. The van der Waals surface area contributed by atoms with Gasteiger partial charge >= 0.3 is 5.97 Å². The van der Waals surface area contributed by atoms with Crippen LogP contribution in [0.5, 0.6) is 0 Å². The average molecular weight is 281 g/mol. The van der Waals surface area contributed by atoms with Crippen molar-refractivity contribution >= 4 is 11.9 Å². The zero-order chi connectivity index (χ0) is 15.4. The van der Waals surface area contributed by atoms with Gasteiger partial charge in [-0.05, 0) is 27.2 Å². The summed E-state index contributed by atoms with van der Waals surface area (Å²) in [5.41, 5.74) is 2.81. The van der Waals surface area contributed by atoms with Crippen LogP contribution >= 0.6 is 0 Å². The van der Waals surface area contributed by atoms with Gasteiger partial charge in [0.2, 0.25) is 5.91 Å². The van der Waals surface area contributed by atoms with Gasteiger partial charge in [-0.3, -0.25) is 14.3 Å². The average Bonchev–Trinajstić information content (AvgIpc) is 2.61. The molecule has 0 aliphatic carbocycles. The number of hydrogen-bond acceptors (Lipinski definition) is 3. The Bertz CT molecular complexity index is 508. The van der Waals surface area contributed by atoms with Crippen molar-refractivity contribution in [2.45, 2.75) is 39.5 Å². The zero-order valence-electron chi connectivity index (χ0n) is 12.8. The van der Waals surface area contributed by atoms with Gasteiger partial charge in [0, 0.05) is 38.3 Å². The number of carbonyl (C=O) groups is 2. The minimum atomic E-state index is -0.835. The number of hydrogen-bond donors (Lipinski definition) is 1. The van der Waals surface area contributed by atoms with E-state index in [1.54, 1.807) is 16.6 Å². The summed E-state index contributed by atoms with van der Waals surface area (Å²) in [6.07, 6.45) is 0.548. The van der Waals surface area contributed by atoms with Crippen molar-refractivity contribution in [3.05, 3.63) is 17.0 Å². The highest BCUT2D eigenvalue weighted by atomic mass is 16.4. The molecule has 6 nitrogen and oxygen atoms in total. The Morgan fingerprint density at radius 2 is 2.00 bits per heavy atom. The van der Waals surface area contributed by atoms with Gasteiger partial charge in [0.25, 0.3) is 0 Å². The highest BCUT2D eigenvalue weighted by Gasteiger charge is 2.24. The van der Waals surface area contributed by atoms with E-state index in [-0.39, 0.29) is 18.2 Å². The predicted molar refractivity (Wildman–Crippen MR) is 75.6 cm³/mol. The molecule has 20 heavy (non-hydrogen) atoms. The van der Waals surface area contributed by atoms with E-state index in [9.17, 15) is 9.59 Å². The number of carboxylic acids is 1. The molecular formula is C14H23N3O3. The minimum absolute atomic E-state index is 0.00501. The third-order valence-corrected chi connectivity index (χ3v) is 3.63. The molecule has 1 atom stereocenters. The van der Waals surface area contributed by atoms with E-state index in [0.29, 0.717) is 13.0 Å². The van der Waals surface area contributed by atoms with E-state index >= 15 is 0 Å². The van der Waals surface area contributed by atoms with Gasteiger partial charge in [0.15, 0.2) is 0 Å². The van der Waals surface area contributed by atoms with Crippen molar-refractivity contribution in [3.8, 4) is 0 Å². The van der Waals surface area contributed by atoms with Gasteiger partial charge in [-0.2, -0.15) is 5.10 Å². The van der Waals surface area contributed by atoms with Crippen LogP contribution in [0.1, 0.15) is 42.6 Å². The molecule has 1 N–H and O–H groups in total. The van der Waals surface area contributed by atoms with E-state index in [0.717, 1.165) is 17.0 Å². The zero-order valence-corrected chi connectivity index (χ0v) is 12.8. The highest BCUT2D eigenvalue weighted by molar-refractivity contribution is 5.83. The lowest BCUT2D eigenvalue weighted by Gasteiger charge is -2.21. The number of aliphatic carboxylic acids is 1. The summed E-state index contributed by atoms with van der Waals surface area (Å²) in [6.45, 7) is 6.17. The van der Waals surface area contributed by atoms with E-state index in [4.69, 9.17) is 5.11 Å². The number of nitrogens with zero attached hydrogens (tertiary/aromatic N) is 3. The number of rotatable bonds is 6. The maximum absolute atomic E-state index is 12.4. The number of aromatic nitrogens is 2. The van der Waals surface area contributed by atoms with Gasteiger partial charge in [-0.25, -0.2) is 0 Å². The normalized spacial score (nSPS) is 12.2. The second-order valence-corrected chi connectivity index (χ2v) is 5.19. The van der Waals surface area contributed by atoms with Crippen LogP contribution in [0, 0.1) is 13.8 Å². The van der Waals surface area contributed by atoms with Gasteiger partial charge in [0.05, 0.1) is 11.6 Å². The van der Waals surface area contributed by atoms with Crippen LogP contribution in [0.3, 0.4) is 0 Å². The summed E-state index contributed by atoms with van der Waals surface area (Å²) >= 11 is 0. The topological polar surface area (TPSA) is 75.4 Å². The molecule has 1 heterocycles. The van der Waals surface area contributed by atoms with Crippen molar-refractivity contribution in [1.29, 1.82) is 0 Å². The molecule has 0 fully saturated rings. The van der Waals surface area contributed by atoms with Crippen molar-refractivity contribution in [2.75, 3.05) is 13.6 Å². The summed E-state index contributed by atoms with van der Waals surface area (Å²) in [5, 5.41) is 12.9. The van der Waals surface area contributed by atoms with E-state index in [2.05, 4.69) is 5.10 Å². The molecule has 1 aromatic heterocycles. The third kappa shape index (κ3) is 3.59. The molecule has 1 rings (SSSR count). The summed E-state index contributed by atoms with van der Waals surface area (Å²) in [7, 11) is 3.57. The highest BCUT2D eigenvalue weighted by Crippen LogP contribution is 2.24. The van der Waals surface area contributed by atoms with Crippen LogP contribution in [0.25, 0.3) is 0 Å². The number of likely N-dealkylation sites (N-methyl/N-ethyl adjacent to an activating group) is 1. The van der Waals surface area contributed by atoms with Crippen LogP contribution in [-0.4, -0.2) is 45.3 Å². The molecule has 0 aliphatic heterocycles. The second kappa shape index (κ2) is 6.54. The predicted octanol–water partition coefficient (Wildman–Crippen LogP) is 1.46. The SMILES string of the molecule is Cc1nn(C)c(C)c1C(C)C(=O)N(C)CCCC(=O)O. The first kappa shape index (κ1) is 16.2. The summed E-state index contributed by atoms with van der Waals surface area (Å²) < 4.78 is 1.78. The fraction of sp³-hybridized carbons (Fsp3) is 0.643. The molecule has 0 bridgehead atoms. The molecule has 6 heteroatoms. The molecular weight excluding hydrogens is 258 g/mol. The lowest BCUT2D eigenvalue weighted by atomic mass is 9.97. The van der Waals surface area contributed by atoms with E-state index in [1.165, 1.54) is 0 Å². The Morgan fingerprint density at radius 1 is 1.40 bits per heavy atom. The number of amides is 1. The molecule has 112 valence electrons. The Kier molecular flexibility index (Phi) is 5.30. The summed E-state index contributed by atoms with van der Waals surface area (Å²) in [4.78, 5) is 24.5. The maximum atomic E-state index is 12.4. The van der Waals surface area contributed by atoms with Crippen molar-refractivity contribution in [2.24, 2.45) is 7.05 Å². The molecule has 0 aliphatic rings. The fourth-order valence-electron chi connectivity index (χ4n) is 2.45. The Morgan fingerprint density at radius 3 is 2.45 bits per heavy atom. The molecule has 0 aromatic carbocycles. The van der Waals surface area contributed by atoms with Gasteiger partial charge in [-0.1, -0.05) is 0 Å². The number of carbonyl (C=O) groups excluding carboxylic acids is 1. The fourth-order valence-corrected chi connectivity index (χ4v) is 2.45. The Balaban J connectivity index is 2.73.